The second kappa shape index (κ2) is 14.7. The van der Waals surface area contributed by atoms with Crippen molar-refractivity contribution < 1.29 is 41.9 Å². The average molecular weight is 959 g/mol. The summed E-state index contributed by atoms with van der Waals surface area (Å²) >= 11 is 2.10. The molecule has 0 amide bonds. The number of para-hydroxylation sites is 3. The van der Waals surface area contributed by atoms with Gasteiger partial charge in [-0.3, -0.25) is 0 Å². The number of aromatic nitrogens is 5. The van der Waals surface area contributed by atoms with Crippen molar-refractivity contribution in [3.8, 4) is 56.4 Å². The van der Waals surface area contributed by atoms with Crippen LogP contribution in [0.5, 0.6) is 11.5 Å². The van der Waals surface area contributed by atoms with E-state index in [2.05, 4.69) is 62.3 Å². The fourth-order valence-corrected chi connectivity index (χ4v) is 8.46. The number of nitrogens with zero attached hydrogens (tertiary/aromatic N) is 6. The van der Waals surface area contributed by atoms with Gasteiger partial charge in [-0.05, 0) is 17.0 Å². The number of pyridine rings is 1. The molecule has 4 heterocycles. The van der Waals surface area contributed by atoms with Gasteiger partial charge in [-0.1, -0.05) is 20.8 Å². The van der Waals surface area contributed by atoms with Crippen LogP contribution in [0.3, 0.4) is 0 Å². The number of hydrogen-bond donors (Lipinski definition) is 0. The van der Waals surface area contributed by atoms with Crippen LogP contribution in [0.15, 0.2) is 164 Å². The van der Waals surface area contributed by atoms with Crippen molar-refractivity contribution in [2.24, 2.45) is 0 Å². The molecule has 0 aliphatic carbocycles. The number of hydrogen-bond acceptors (Lipinski definition) is 4. The molecule has 59 heavy (non-hydrogen) atoms. The van der Waals surface area contributed by atoms with E-state index in [1.807, 2.05) is 41.0 Å². The number of anilines is 2. The average Bonchev–Trinajstić information content (AvgIpc) is 3.95. The normalized spacial score (nSPS) is 15.8. The van der Waals surface area contributed by atoms with Crippen LogP contribution < -0.4 is 9.55 Å². The van der Waals surface area contributed by atoms with E-state index in [1.54, 1.807) is 76.4 Å². The predicted octanol–water partition coefficient (Wildman–Crippen LogP) is 11.9. The van der Waals surface area contributed by atoms with Gasteiger partial charge in [0, 0.05) is 16.5 Å². The van der Waals surface area contributed by atoms with Crippen molar-refractivity contribution in [2.45, 2.75) is 32.9 Å². The minimum atomic E-state index is -2.57. The summed E-state index contributed by atoms with van der Waals surface area (Å²) in [4.78, 5) is 6.30. The summed E-state index contributed by atoms with van der Waals surface area (Å²) in [5, 5.41) is 4.46. The molecule has 0 N–H and O–H groups in total. The second-order valence-corrected chi connectivity index (χ2v) is 15.8. The Morgan fingerprint density at radius 1 is 0.712 bits per heavy atom. The van der Waals surface area contributed by atoms with E-state index in [0.29, 0.717) is 43.3 Å². The molecule has 0 radical (unpaired) electrons. The van der Waals surface area contributed by atoms with E-state index in [4.69, 9.17) is 22.6 Å². The summed E-state index contributed by atoms with van der Waals surface area (Å²) in [7, 11) is 0. The van der Waals surface area contributed by atoms with Crippen molar-refractivity contribution in [1.29, 1.82) is 0 Å². The Hall–Kier alpha value is -6.50. The van der Waals surface area contributed by atoms with E-state index in [0.717, 1.165) is 5.56 Å². The van der Waals surface area contributed by atoms with Gasteiger partial charge in [-0.2, -0.15) is 5.10 Å². The summed E-state index contributed by atoms with van der Waals surface area (Å²) in [6.45, 7) is 2.35. The Balaban J connectivity index is 1.16. The van der Waals surface area contributed by atoms with Gasteiger partial charge in [0.15, 0.2) is 0 Å². The van der Waals surface area contributed by atoms with Crippen LogP contribution in [0.2, 0.25) is 6.75 Å². The molecular formula is C50H39BN6OPt-2. The van der Waals surface area contributed by atoms with Crippen LogP contribution in [0.4, 0.5) is 11.5 Å². The quantitative estimate of drug-likeness (QED) is 0.118. The Morgan fingerprint density at radius 3 is 2.08 bits per heavy atom. The number of rotatable bonds is 7. The van der Waals surface area contributed by atoms with Gasteiger partial charge in [0.25, 0.3) is 0 Å². The molecule has 0 spiro atoms. The van der Waals surface area contributed by atoms with Crippen LogP contribution >= 0.6 is 0 Å². The molecule has 0 saturated heterocycles. The van der Waals surface area contributed by atoms with Crippen molar-refractivity contribution in [3.05, 3.63) is 185 Å². The number of imidazole rings is 1. The fraction of sp³-hybridized carbons (Fsp3) is 0.100. The zero-order valence-corrected chi connectivity index (χ0v) is 34.1. The first kappa shape index (κ1) is 25.1. The third kappa shape index (κ3) is 6.49. The minimum absolute atomic E-state index is 0.143. The molecule has 290 valence electrons. The van der Waals surface area contributed by atoms with E-state index >= 15 is 0 Å². The molecule has 9 aromatic rings. The van der Waals surface area contributed by atoms with Gasteiger partial charge < -0.3 is 0 Å². The van der Waals surface area contributed by atoms with Crippen LogP contribution in [-0.4, -0.2) is 30.8 Å². The van der Waals surface area contributed by atoms with Crippen molar-refractivity contribution in [3.63, 3.8) is 0 Å². The van der Waals surface area contributed by atoms with Crippen LogP contribution in [0.1, 0.15) is 44.2 Å². The molecule has 0 unspecified atom stereocenters. The van der Waals surface area contributed by atoms with Gasteiger partial charge in [-0.15, -0.1) is 0 Å². The standard InChI is InChI=1S/C50H39BN6O.Pt/c1-50(2,3)37-27-29-52-48(31-37)56-47-33-40(25-26-43(47)44-28-30-53-57(44)51(56)4)58-39-20-13-19-38(32-39)54-34-55(46-24-12-11-23-45(46)54)49-41(35-15-7-5-8-16-35)21-14-22-42(49)36-17-9-6-10-18-36;/h5-31H,1-4H3;/q-2;/i4D3,5D,6D,7D,8D,9D,10D,15D,16D,17D,18D;. The fourth-order valence-electron chi connectivity index (χ4n) is 7.39. The van der Waals surface area contributed by atoms with Crippen molar-refractivity contribution >= 4 is 29.5 Å². The zero-order valence-electron chi connectivity index (χ0n) is 44.8. The Bertz CT molecular complexity index is 3640. The van der Waals surface area contributed by atoms with Crippen LogP contribution in [-0.2, 0) is 24.8 Å². The first-order chi connectivity index (χ1) is 34.1. The van der Waals surface area contributed by atoms with E-state index < -0.39 is 74.2 Å². The summed E-state index contributed by atoms with van der Waals surface area (Å²) in [5.74, 6) is 0.892. The summed E-state index contributed by atoms with van der Waals surface area (Å²) in [5.41, 5.74) is 4.13. The zero-order chi connectivity index (χ0) is 51.5. The van der Waals surface area contributed by atoms with Gasteiger partial charge >= 0.3 is 315 Å². The summed E-state index contributed by atoms with van der Waals surface area (Å²) in [6.07, 6.45) is 3.22. The van der Waals surface area contributed by atoms with Gasteiger partial charge in [-0.25, -0.2) is 0 Å². The third-order valence-corrected chi connectivity index (χ3v) is 11.2. The molecule has 1 aliphatic heterocycles. The molecule has 0 bridgehead atoms. The Kier molecular flexibility index (Phi) is 6.26. The molecule has 0 fully saturated rings. The Morgan fingerprint density at radius 2 is 1.39 bits per heavy atom. The van der Waals surface area contributed by atoms with E-state index in [9.17, 15) is 0 Å². The first-order valence-corrected chi connectivity index (χ1v) is 19.8. The van der Waals surface area contributed by atoms with E-state index in [-0.39, 0.29) is 44.9 Å². The molecule has 9 heteroatoms. The molecule has 0 atom stereocenters. The van der Waals surface area contributed by atoms with E-state index in [1.165, 1.54) is 4.59 Å². The van der Waals surface area contributed by atoms with Gasteiger partial charge in [0.1, 0.15) is 0 Å². The van der Waals surface area contributed by atoms with Crippen molar-refractivity contribution in [2.75, 3.05) is 4.81 Å². The molecule has 10 rings (SSSR count). The second-order valence-electron chi connectivity index (χ2n) is 14.7. The third-order valence-electron chi connectivity index (χ3n) is 10.1. The maximum atomic E-state index is 9.06. The topological polar surface area (TPSA) is 53.0 Å². The van der Waals surface area contributed by atoms with Crippen molar-refractivity contribution in [1.82, 2.24) is 23.8 Å². The summed E-state index contributed by atoms with van der Waals surface area (Å²) in [6, 6.07) is 27.7. The van der Waals surface area contributed by atoms with Gasteiger partial charge in [0.05, 0.1) is 0 Å². The first-order valence-electron chi connectivity index (χ1n) is 25.1. The van der Waals surface area contributed by atoms with Gasteiger partial charge in [0.2, 0.25) is 0 Å². The molecule has 1 aliphatic rings. The predicted molar refractivity (Wildman–Crippen MR) is 234 cm³/mol. The van der Waals surface area contributed by atoms with Crippen LogP contribution in [0, 0.1) is 15.9 Å². The molecule has 7 nitrogen and oxygen atoms in total. The van der Waals surface area contributed by atoms with Crippen LogP contribution in [0.25, 0.3) is 55.9 Å². The number of fused-ring (bicyclic) bond motifs is 4. The molecule has 3 aromatic heterocycles. The molecule has 6 aromatic carbocycles. The number of ether oxygens (including phenoxy) is 1. The molecule has 0 saturated carbocycles. The SMILES string of the molecule is [2H]c1c([2H])c([2H])c(-c2cccc(-c3c([2H])c([2H])c([2H])c([2H])c3[2H])c2-n2[c](=[Pt])n(-c3[c-]c(Oc4[c-]c5c(cc4)-c4ccnn4B(C([2H])([2H])[2H])N5c4cc(C(C)(C)C)ccn4)ccc3)c3ccccc32)c([2H])c1[2H]. The molecular weight excluding hydrogens is 906 g/mol. The number of benzene rings is 6. The summed E-state index contributed by atoms with van der Waals surface area (Å²) < 4.78 is 126. The maximum absolute atomic E-state index is 9.06. The Labute approximate surface area is 373 Å². The monoisotopic (exact) mass is 958 g/mol.